The molecule has 3 nitrogen and oxygen atoms in total. The second-order valence-corrected chi connectivity index (χ2v) is 4.46. The summed E-state index contributed by atoms with van der Waals surface area (Å²) in [4.78, 5) is 0. The van der Waals surface area contributed by atoms with Gasteiger partial charge in [-0.05, 0) is 12.0 Å². The standard InChI is InChI=1S/C12H12F6O3/c1-6(2)7-3-8(19)10(20-5-11(13,14)15)4-9(7)21-12(16,17)18/h3-4,6,19H,5H2,1-2H3. The van der Waals surface area contributed by atoms with Gasteiger partial charge in [0.15, 0.2) is 18.1 Å². The number of phenolic OH excluding ortho intramolecular Hbond substituents is 1. The van der Waals surface area contributed by atoms with Crippen LogP contribution < -0.4 is 9.47 Å². The Morgan fingerprint density at radius 2 is 1.62 bits per heavy atom. The summed E-state index contributed by atoms with van der Waals surface area (Å²) in [6.07, 6.45) is -9.70. The fourth-order valence-corrected chi connectivity index (χ4v) is 1.51. The molecule has 0 saturated carbocycles. The maximum atomic E-state index is 12.3. The maximum absolute atomic E-state index is 12.3. The van der Waals surface area contributed by atoms with Gasteiger partial charge in [-0.15, -0.1) is 13.2 Å². The highest BCUT2D eigenvalue weighted by atomic mass is 19.4. The summed E-state index contributed by atoms with van der Waals surface area (Å²) < 4.78 is 81.0. The van der Waals surface area contributed by atoms with Crippen LogP contribution in [-0.2, 0) is 0 Å². The van der Waals surface area contributed by atoms with E-state index in [1.165, 1.54) is 13.8 Å². The van der Waals surface area contributed by atoms with E-state index in [4.69, 9.17) is 0 Å². The van der Waals surface area contributed by atoms with Crippen LogP contribution in [0, 0.1) is 0 Å². The summed E-state index contributed by atoms with van der Waals surface area (Å²) in [5, 5.41) is 9.53. The summed E-state index contributed by atoms with van der Waals surface area (Å²) in [7, 11) is 0. The number of aromatic hydroxyl groups is 1. The summed E-state index contributed by atoms with van der Waals surface area (Å²) in [5.74, 6) is -2.61. The largest absolute Gasteiger partial charge is 0.573 e. The van der Waals surface area contributed by atoms with Gasteiger partial charge in [0.2, 0.25) is 0 Å². The van der Waals surface area contributed by atoms with Crippen LogP contribution in [0.4, 0.5) is 26.3 Å². The van der Waals surface area contributed by atoms with Gasteiger partial charge in [-0.2, -0.15) is 13.2 Å². The Kier molecular flexibility index (Phi) is 4.85. The average molecular weight is 318 g/mol. The van der Waals surface area contributed by atoms with Crippen LogP contribution >= 0.6 is 0 Å². The van der Waals surface area contributed by atoms with E-state index < -0.39 is 42.3 Å². The number of phenols is 1. The van der Waals surface area contributed by atoms with Gasteiger partial charge in [-0.3, -0.25) is 0 Å². The van der Waals surface area contributed by atoms with Crippen molar-refractivity contribution in [2.24, 2.45) is 0 Å². The molecule has 9 heteroatoms. The second kappa shape index (κ2) is 5.90. The van der Waals surface area contributed by atoms with E-state index in [1.54, 1.807) is 0 Å². The van der Waals surface area contributed by atoms with Crippen molar-refractivity contribution in [1.29, 1.82) is 0 Å². The molecule has 0 aliphatic rings. The van der Waals surface area contributed by atoms with E-state index in [1.807, 2.05) is 0 Å². The molecule has 0 saturated heterocycles. The van der Waals surface area contributed by atoms with Gasteiger partial charge >= 0.3 is 12.5 Å². The summed E-state index contributed by atoms with van der Waals surface area (Å²) in [6, 6.07) is 1.47. The molecule has 0 unspecified atom stereocenters. The Hall–Kier alpha value is -1.80. The summed E-state index contributed by atoms with van der Waals surface area (Å²) >= 11 is 0. The van der Waals surface area contributed by atoms with Crippen LogP contribution in [-0.4, -0.2) is 24.3 Å². The lowest BCUT2D eigenvalue weighted by atomic mass is 10.0. The van der Waals surface area contributed by atoms with Crippen LogP contribution in [0.5, 0.6) is 17.2 Å². The number of ether oxygens (including phenoxy) is 2. The molecule has 0 atom stereocenters. The zero-order chi connectivity index (χ0) is 16.4. The van der Waals surface area contributed by atoms with Crippen molar-refractivity contribution < 1.29 is 40.9 Å². The molecular formula is C12H12F6O3. The number of hydrogen-bond acceptors (Lipinski definition) is 3. The van der Waals surface area contributed by atoms with Gasteiger partial charge in [-0.25, -0.2) is 0 Å². The molecular weight excluding hydrogens is 306 g/mol. The molecule has 0 aliphatic carbocycles. The minimum absolute atomic E-state index is 0.0100. The third-order valence-corrected chi connectivity index (χ3v) is 2.33. The molecule has 0 amide bonds. The van der Waals surface area contributed by atoms with Gasteiger partial charge in [0.1, 0.15) is 5.75 Å². The topological polar surface area (TPSA) is 38.7 Å². The molecule has 0 fully saturated rings. The van der Waals surface area contributed by atoms with Crippen molar-refractivity contribution in [2.75, 3.05) is 6.61 Å². The van der Waals surface area contributed by atoms with Gasteiger partial charge in [0.25, 0.3) is 0 Å². The van der Waals surface area contributed by atoms with Crippen LogP contribution in [0.1, 0.15) is 25.3 Å². The molecule has 21 heavy (non-hydrogen) atoms. The first-order valence-electron chi connectivity index (χ1n) is 5.71. The lowest BCUT2D eigenvalue weighted by Gasteiger charge is -2.18. The van der Waals surface area contributed by atoms with Gasteiger partial charge in [0, 0.05) is 11.6 Å². The Balaban J connectivity index is 3.14. The van der Waals surface area contributed by atoms with E-state index in [9.17, 15) is 31.4 Å². The van der Waals surface area contributed by atoms with Crippen molar-refractivity contribution in [3.05, 3.63) is 17.7 Å². The molecule has 0 radical (unpaired) electrons. The predicted octanol–water partition coefficient (Wildman–Crippen LogP) is 4.36. The number of alkyl halides is 6. The second-order valence-electron chi connectivity index (χ2n) is 4.46. The Morgan fingerprint density at radius 3 is 2.05 bits per heavy atom. The Labute approximate surface area is 116 Å². The summed E-state index contributed by atoms with van der Waals surface area (Å²) in [5.41, 5.74) is -0.0100. The zero-order valence-corrected chi connectivity index (χ0v) is 11.0. The first-order valence-corrected chi connectivity index (χ1v) is 5.71. The van der Waals surface area contributed by atoms with Crippen molar-refractivity contribution >= 4 is 0 Å². The fraction of sp³-hybridized carbons (Fsp3) is 0.500. The van der Waals surface area contributed by atoms with Crippen molar-refractivity contribution in [1.82, 2.24) is 0 Å². The number of halogens is 6. The van der Waals surface area contributed by atoms with Crippen molar-refractivity contribution in [3.8, 4) is 17.2 Å². The third kappa shape index (κ3) is 5.60. The lowest BCUT2D eigenvalue weighted by Crippen LogP contribution is -2.20. The molecule has 0 bridgehead atoms. The normalized spacial score (nSPS) is 12.6. The summed E-state index contributed by atoms with van der Waals surface area (Å²) in [6.45, 7) is 1.33. The van der Waals surface area contributed by atoms with E-state index in [2.05, 4.69) is 9.47 Å². The maximum Gasteiger partial charge on any atom is 0.573 e. The van der Waals surface area contributed by atoms with Gasteiger partial charge < -0.3 is 14.6 Å². The van der Waals surface area contributed by atoms with Gasteiger partial charge in [0.05, 0.1) is 0 Å². The minimum atomic E-state index is -5.01. The van der Waals surface area contributed by atoms with E-state index in [0.717, 1.165) is 6.07 Å². The molecule has 1 aromatic carbocycles. The predicted molar refractivity (Wildman–Crippen MR) is 60.4 cm³/mol. The molecule has 0 spiro atoms. The van der Waals surface area contributed by atoms with E-state index in [-0.39, 0.29) is 5.56 Å². The molecule has 0 aliphatic heterocycles. The fourth-order valence-electron chi connectivity index (χ4n) is 1.51. The number of rotatable bonds is 4. The molecule has 1 rings (SSSR count). The SMILES string of the molecule is CC(C)c1cc(O)c(OCC(F)(F)F)cc1OC(F)(F)F. The highest BCUT2D eigenvalue weighted by Crippen LogP contribution is 2.40. The quantitative estimate of drug-likeness (QED) is 0.839. The molecule has 1 aromatic rings. The van der Waals surface area contributed by atoms with Crippen molar-refractivity contribution in [3.63, 3.8) is 0 Å². The smallest absolute Gasteiger partial charge is 0.504 e. The van der Waals surface area contributed by atoms with Gasteiger partial charge in [-0.1, -0.05) is 13.8 Å². The van der Waals surface area contributed by atoms with Crippen LogP contribution in [0.25, 0.3) is 0 Å². The molecule has 1 N–H and O–H groups in total. The molecule has 0 aromatic heterocycles. The third-order valence-electron chi connectivity index (χ3n) is 2.33. The van der Waals surface area contributed by atoms with E-state index >= 15 is 0 Å². The van der Waals surface area contributed by atoms with Crippen LogP contribution in [0.15, 0.2) is 12.1 Å². The van der Waals surface area contributed by atoms with Crippen LogP contribution in [0.3, 0.4) is 0 Å². The first kappa shape index (κ1) is 17.3. The number of benzene rings is 1. The zero-order valence-electron chi connectivity index (χ0n) is 11.0. The highest BCUT2D eigenvalue weighted by molar-refractivity contribution is 5.51. The Bertz CT molecular complexity index is 493. The monoisotopic (exact) mass is 318 g/mol. The minimum Gasteiger partial charge on any atom is -0.504 e. The Morgan fingerprint density at radius 1 is 1.05 bits per heavy atom. The molecule has 120 valence electrons. The highest BCUT2D eigenvalue weighted by Gasteiger charge is 2.34. The molecule has 0 heterocycles. The first-order chi connectivity index (χ1) is 9.39. The van der Waals surface area contributed by atoms with E-state index in [0.29, 0.717) is 6.07 Å². The number of hydrogen-bond donors (Lipinski definition) is 1. The van der Waals surface area contributed by atoms with Crippen molar-refractivity contribution in [2.45, 2.75) is 32.3 Å². The lowest BCUT2D eigenvalue weighted by molar-refractivity contribution is -0.275. The average Bonchev–Trinajstić information content (AvgIpc) is 2.25. The van der Waals surface area contributed by atoms with Crippen LogP contribution in [0.2, 0.25) is 0 Å².